The van der Waals surface area contributed by atoms with E-state index in [9.17, 15) is 0 Å². The molecule has 0 bridgehead atoms. The average Bonchev–Trinajstić information content (AvgIpc) is 2.72. The summed E-state index contributed by atoms with van der Waals surface area (Å²) in [5.74, 6) is 0. The van der Waals surface area contributed by atoms with Crippen molar-refractivity contribution in [1.82, 2.24) is 0 Å². The average molecular weight is 636 g/mol. The van der Waals surface area contributed by atoms with E-state index in [0.717, 1.165) is 8.58 Å². The van der Waals surface area contributed by atoms with E-state index >= 15 is 0 Å². The van der Waals surface area contributed by atoms with Gasteiger partial charge in [0.1, 0.15) is 12.7 Å². The summed E-state index contributed by atoms with van der Waals surface area (Å²) in [7, 11) is 0.408. The predicted molar refractivity (Wildman–Crippen MR) is 207 cm³/mol. The van der Waals surface area contributed by atoms with Crippen molar-refractivity contribution in [3.05, 3.63) is 68.8 Å². The Bertz CT molecular complexity index is 1360. The van der Waals surface area contributed by atoms with Gasteiger partial charge in [-0.1, -0.05) is 149 Å². The highest BCUT2D eigenvalue weighted by atomic mass is 31.2. The van der Waals surface area contributed by atoms with Gasteiger partial charge in [0, 0.05) is 19.7 Å². The number of rotatable bonds is 2. The molecule has 0 fully saturated rings. The topological polar surface area (TPSA) is 0 Å². The molecule has 0 spiro atoms. The van der Waals surface area contributed by atoms with E-state index in [0.29, 0.717) is 5.40 Å². The van der Waals surface area contributed by atoms with E-state index in [1.807, 2.05) is 0 Å². The second-order valence-corrected chi connectivity index (χ2v) is 26.2. The Labute approximate surface area is 277 Å². The van der Waals surface area contributed by atoms with E-state index in [-0.39, 0.29) is 37.6 Å². The molecule has 0 aromatic heterocycles. The minimum Gasteiger partial charge on any atom is -0.0561 e. The van der Waals surface area contributed by atoms with Gasteiger partial charge in [-0.25, -0.2) is 0 Å². The van der Waals surface area contributed by atoms with Crippen LogP contribution in [0.15, 0.2) is 24.3 Å². The molecule has 44 heavy (non-hydrogen) atoms. The van der Waals surface area contributed by atoms with Crippen LogP contribution in [0.1, 0.15) is 195 Å². The highest BCUT2D eigenvalue weighted by Crippen LogP contribution is 2.75. The lowest BCUT2D eigenvalue weighted by Gasteiger charge is -2.41. The van der Waals surface area contributed by atoms with Crippen LogP contribution >= 0.6 is 16.1 Å². The van der Waals surface area contributed by atoms with Crippen molar-refractivity contribution >= 4 is 21.2 Å². The molecule has 0 N–H and O–H groups in total. The van der Waals surface area contributed by atoms with Gasteiger partial charge in [-0.3, -0.25) is 0 Å². The van der Waals surface area contributed by atoms with Gasteiger partial charge in [-0.15, -0.1) is 0 Å². The van der Waals surface area contributed by atoms with Gasteiger partial charge in [0.25, 0.3) is 0 Å². The van der Waals surface area contributed by atoms with Gasteiger partial charge >= 0.3 is 0 Å². The van der Waals surface area contributed by atoms with E-state index in [1.165, 1.54) is 11.1 Å². The maximum Gasteiger partial charge on any atom is 0.165 e. The van der Waals surface area contributed by atoms with Crippen molar-refractivity contribution in [3.8, 4) is 0 Å². The van der Waals surface area contributed by atoms with Crippen molar-refractivity contribution < 1.29 is 0 Å². The van der Waals surface area contributed by atoms with Crippen molar-refractivity contribution in [1.29, 1.82) is 0 Å². The molecule has 0 saturated carbocycles. The zero-order valence-electron chi connectivity index (χ0n) is 32.8. The Hall–Kier alpha value is -0.960. The highest BCUT2D eigenvalue weighted by Gasteiger charge is 2.54. The predicted octanol–water partition coefficient (Wildman–Crippen LogP) is 13.6. The fourth-order valence-corrected chi connectivity index (χ4v) is 14.3. The molecular formula is C42H69P2+. The van der Waals surface area contributed by atoms with E-state index in [2.05, 4.69) is 170 Å². The molecule has 2 heteroatoms. The monoisotopic (exact) mass is 635 g/mol. The lowest BCUT2D eigenvalue weighted by Crippen LogP contribution is -2.31. The van der Waals surface area contributed by atoms with Crippen LogP contribution in [-0.2, 0) is 32.5 Å². The van der Waals surface area contributed by atoms with Crippen LogP contribution in [-0.4, -0.2) is 10.2 Å². The SMILES string of the molecule is CC(C)(C)c1cc(C(C)(C)C)c(C2=[P+](C(C)(C)C)C(c3c(C(C)(C)C)cc(C(C)(C)C)cc3C(C)(C)C)P2)c(C(C)(C)C)c1. The summed E-state index contributed by atoms with van der Waals surface area (Å²) in [6.45, 7) is 51.1. The van der Waals surface area contributed by atoms with E-state index in [4.69, 9.17) is 0 Å². The number of hydrogen-bond donors (Lipinski definition) is 0. The molecule has 1 heterocycles. The third kappa shape index (κ3) is 7.60. The van der Waals surface area contributed by atoms with Gasteiger partial charge in [0.2, 0.25) is 0 Å². The zero-order valence-corrected chi connectivity index (χ0v) is 34.7. The van der Waals surface area contributed by atoms with Crippen LogP contribution in [0.3, 0.4) is 0 Å². The van der Waals surface area contributed by atoms with Crippen LogP contribution in [0.2, 0.25) is 0 Å². The Balaban J connectivity index is 2.57. The number of benzene rings is 2. The van der Waals surface area contributed by atoms with E-state index < -0.39 is 7.55 Å². The van der Waals surface area contributed by atoms with Crippen LogP contribution < -0.4 is 0 Å². The summed E-state index contributed by atoms with van der Waals surface area (Å²) < 4.78 is 0. The summed E-state index contributed by atoms with van der Waals surface area (Å²) in [5, 5.41) is 2.59. The fraction of sp³-hybridized carbons (Fsp3) is 0.690. The molecule has 0 saturated heterocycles. The molecule has 0 radical (unpaired) electrons. The van der Waals surface area contributed by atoms with Crippen LogP contribution in [0, 0.1) is 0 Å². The minimum atomic E-state index is -0.418. The molecule has 2 aromatic carbocycles. The third-order valence-corrected chi connectivity index (χ3v) is 15.6. The highest BCUT2D eigenvalue weighted by molar-refractivity contribution is 7.96. The Morgan fingerprint density at radius 1 is 0.432 bits per heavy atom. The lowest BCUT2D eigenvalue weighted by molar-refractivity contribution is 0.541. The molecule has 2 aromatic rings. The molecule has 1 aliphatic rings. The van der Waals surface area contributed by atoms with Gasteiger partial charge in [-0.2, -0.15) is 0 Å². The summed E-state index contributed by atoms with van der Waals surface area (Å²) in [6, 6.07) is 10.4. The summed E-state index contributed by atoms with van der Waals surface area (Å²) in [4.78, 5) is 0. The van der Waals surface area contributed by atoms with Crippen molar-refractivity contribution in [2.45, 2.75) is 188 Å². The Morgan fingerprint density at radius 2 is 0.727 bits per heavy atom. The number of hydrogen-bond acceptors (Lipinski definition) is 0. The molecule has 0 amide bonds. The molecule has 1 aliphatic heterocycles. The molecule has 246 valence electrons. The second-order valence-electron chi connectivity index (χ2n) is 20.9. The first-order chi connectivity index (χ1) is 19.3. The largest absolute Gasteiger partial charge is 0.165 e. The normalized spacial score (nSPS) is 19.1. The van der Waals surface area contributed by atoms with Crippen molar-refractivity contribution in [2.75, 3.05) is 0 Å². The van der Waals surface area contributed by atoms with Gasteiger partial charge < -0.3 is 0 Å². The maximum absolute atomic E-state index is 2.60. The van der Waals surface area contributed by atoms with Crippen LogP contribution in [0.25, 0.3) is 0 Å². The quantitative estimate of drug-likeness (QED) is 0.288. The van der Waals surface area contributed by atoms with Gasteiger partial charge in [-0.05, 0) is 86.6 Å². The van der Waals surface area contributed by atoms with Crippen LogP contribution in [0.5, 0.6) is 0 Å². The molecular weight excluding hydrogens is 566 g/mol. The van der Waals surface area contributed by atoms with E-state index in [1.54, 1.807) is 38.4 Å². The smallest absolute Gasteiger partial charge is 0.0561 e. The zero-order chi connectivity index (χ0) is 34.4. The molecule has 0 aliphatic carbocycles. The minimum absolute atomic E-state index is 0.0690. The Kier molecular flexibility index (Phi) is 9.66. The van der Waals surface area contributed by atoms with Crippen molar-refractivity contribution in [3.63, 3.8) is 0 Å². The molecule has 0 nitrogen and oxygen atoms in total. The molecule has 3 atom stereocenters. The van der Waals surface area contributed by atoms with Gasteiger partial charge in [0.15, 0.2) is 10.4 Å². The molecule has 3 unspecified atom stereocenters. The van der Waals surface area contributed by atoms with Crippen LogP contribution in [0.4, 0.5) is 0 Å². The third-order valence-electron chi connectivity index (χ3n) is 9.29. The molecule has 3 rings (SSSR count). The van der Waals surface area contributed by atoms with Crippen molar-refractivity contribution in [2.24, 2.45) is 0 Å². The second kappa shape index (κ2) is 11.3. The standard InChI is InChI=1S/C42H69P2/c1-36(2,3)26-22-28(38(7,8)9)32(29(23-26)39(10,11)12)34-43-35(44(34)42(19,20)21)33-30(40(13,14)15)24-27(37(4,5)6)25-31(33)41(16,17)18/h22-25,34,43H,1-21H3/q+1. The summed E-state index contributed by atoms with van der Waals surface area (Å²) >= 11 is 0. The fourth-order valence-electron chi connectivity index (χ4n) is 6.58. The first-order valence-electron chi connectivity index (χ1n) is 17.1. The first kappa shape index (κ1) is 37.5. The first-order valence-corrected chi connectivity index (χ1v) is 19.6. The lowest BCUT2D eigenvalue weighted by atomic mass is 9.72. The van der Waals surface area contributed by atoms with Gasteiger partial charge in [0.05, 0.1) is 0 Å². The maximum atomic E-state index is 2.60. The summed E-state index contributed by atoms with van der Waals surface area (Å²) in [6.07, 6.45) is 0. The summed E-state index contributed by atoms with van der Waals surface area (Å²) in [5.41, 5.74) is 13.1. The Morgan fingerprint density at radius 3 is 0.977 bits per heavy atom.